The number of rotatable bonds is 6. The first-order valence-electron chi connectivity index (χ1n) is 12.2. The minimum Gasteiger partial charge on any atom is -0.496 e. The monoisotopic (exact) mass is 503 g/mol. The fraction of sp³-hybridized carbons (Fsp3) is 0.133. The van der Waals surface area contributed by atoms with E-state index in [-0.39, 0.29) is 5.56 Å². The number of hydrogen-bond acceptors (Lipinski definition) is 6. The molecule has 0 amide bonds. The van der Waals surface area contributed by atoms with Gasteiger partial charge in [-0.15, -0.1) is 0 Å². The Bertz CT molecular complexity index is 1800. The molecule has 6 rings (SSSR count). The number of aryl methyl sites for hydroxylation is 2. The van der Waals surface area contributed by atoms with E-state index in [1.807, 2.05) is 91.3 Å². The van der Waals surface area contributed by atoms with Crippen LogP contribution < -0.4 is 10.3 Å². The topological polar surface area (TPSA) is 88.0 Å². The molecule has 0 bridgehead atoms. The average Bonchev–Trinajstić information content (AvgIpc) is 3.56. The van der Waals surface area contributed by atoms with E-state index in [2.05, 4.69) is 15.1 Å². The largest absolute Gasteiger partial charge is 0.496 e. The zero-order valence-electron chi connectivity index (χ0n) is 21.3. The summed E-state index contributed by atoms with van der Waals surface area (Å²) in [6, 6.07) is 21.3. The number of fused-ring (bicyclic) bond motifs is 1. The van der Waals surface area contributed by atoms with Crippen LogP contribution >= 0.6 is 0 Å². The van der Waals surface area contributed by atoms with E-state index in [0.717, 1.165) is 39.1 Å². The number of hydrogen-bond donors (Lipinski definition) is 0. The second-order valence-electron chi connectivity index (χ2n) is 9.04. The second-order valence-corrected chi connectivity index (χ2v) is 9.04. The molecule has 0 saturated carbocycles. The predicted octanol–water partition coefficient (Wildman–Crippen LogP) is 5.58. The Kier molecular flexibility index (Phi) is 5.84. The molecule has 6 aromatic rings. The van der Waals surface area contributed by atoms with E-state index < -0.39 is 0 Å². The minimum absolute atomic E-state index is 0.168. The third kappa shape index (κ3) is 3.96. The molecule has 0 N–H and O–H groups in total. The highest BCUT2D eigenvalue weighted by molar-refractivity contribution is 5.91. The van der Waals surface area contributed by atoms with Gasteiger partial charge in [-0.25, -0.2) is 4.98 Å². The smallest absolute Gasteiger partial charge is 0.262 e. The fourth-order valence-corrected chi connectivity index (χ4v) is 4.91. The van der Waals surface area contributed by atoms with Crippen LogP contribution in [-0.2, 0) is 6.54 Å². The molecule has 38 heavy (non-hydrogen) atoms. The number of methoxy groups -OCH3 is 1. The Labute approximate surface area is 218 Å². The quantitative estimate of drug-likeness (QED) is 0.295. The van der Waals surface area contributed by atoms with Crippen molar-refractivity contribution in [3.8, 4) is 34.0 Å². The molecule has 0 fully saturated rings. The van der Waals surface area contributed by atoms with Gasteiger partial charge < -0.3 is 13.8 Å². The lowest BCUT2D eigenvalue weighted by atomic mass is 9.99. The van der Waals surface area contributed by atoms with Crippen LogP contribution in [0.5, 0.6) is 5.75 Å². The highest BCUT2D eigenvalue weighted by atomic mass is 16.5. The summed E-state index contributed by atoms with van der Waals surface area (Å²) in [5, 5.41) is 4.99. The third-order valence-corrected chi connectivity index (χ3v) is 6.68. The number of nitrogens with zero attached hydrogens (tertiary/aromatic N) is 5. The molecule has 4 heterocycles. The van der Waals surface area contributed by atoms with Crippen molar-refractivity contribution >= 4 is 10.9 Å². The number of aromatic nitrogens is 5. The van der Waals surface area contributed by atoms with Gasteiger partial charge in [0.05, 0.1) is 41.7 Å². The van der Waals surface area contributed by atoms with Gasteiger partial charge in [0.2, 0.25) is 0 Å². The first-order valence-corrected chi connectivity index (χ1v) is 12.2. The van der Waals surface area contributed by atoms with E-state index in [0.29, 0.717) is 29.4 Å². The van der Waals surface area contributed by atoms with Crippen molar-refractivity contribution in [2.45, 2.75) is 20.4 Å². The van der Waals surface area contributed by atoms with Gasteiger partial charge in [0.25, 0.3) is 5.56 Å². The van der Waals surface area contributed by atoms with Gasteiger partial charge in [-0.2, -0.15) is 0 Å². The van der Waals surface area contributed by atoms with Gasteiger partial charge in [-0.3, -0.25) is 14.3 Å². The lowest BCUT2D eigenvalue weighted by Crippen LogP contribution is -2.24. The molecule has 0 atom stereocenters. The molecule has 0 saturated heterocycles. The summed E-state index contributed by atoms with van der Waals surface area (Å²) in [7, 11) is 1.62. The van der Waals surface area contributed by atoms with Crippen LogP contribution in [0.15, 0.2) is 94.6 Å². The molecule has 2 aromatic carbocycles. The van der Waals surface area contributed by atoms with Gasteiger partial charge >= 0.3 is 0 Å². The Hall–Kier alpha value is -4.98. The van der Waals surface area contributed by atoms with Gasteiger partial charge in [0.1, 0.15) is 17.3 Å². The lowest BCUT2D eigenvalue weighted by Gasteiger charge is -2.17. The minimum atomic E-state index is -0.168. The van der Waals surface area contributed by atoms with Crippen molar-refractivity contribution in [2.24, 2.45) is 0 Å². The van der Waals surface area contributed by atoms with Crippen molar-refractivity contribution in [3.63, 3.8) is 0 Å². The standard InChI is InChI=1S/C30H25N5O3/c1-19-28(20(2)38-33-19)24-15-21-16-25(29-32-13-14-34(29)23-10-5-4-6-11-23)30(36)35(26(21)17-27(24)37-3)18-22-9-7-8-12-31-22/h4-17H,18H2,1-3H3. The van der Waals surface area contributed by atoms with Crippen LogP contribution in [0.4, 0.5) is 0 Å². The third-order valence-electron chi connectivity index (χ3n) is 6.68. The maximum Gasteiger partial charge on any atom is 0.262 e. The van der Waals surface area contributed by atoms with Crippen molar-refractivity contribution in [1.29, 1.82) is 0 Å². The molecular formula is C30H25N5O3. The molecule has 0 unspecified atom stereocenters. The van der Waals surface area contributed by atoms with Crippen LogP contribution in [0.3, 0.4) is 0 Å². The van der Waals surface area contributed by atoms with Crippen molar-refractivity contribution < 1.29 is 9.26 Å². The SMILES string of the molecule is COc1cc2c(cc1-c1c(C)noc1C)cc(-c1nccn1-c1ccccc1)c(=O)n2Cc1ccccn1. The van der Waals surface area contributed by atoms with E-state index in [1.54, 1.807) is 24.1 Å². The Morgan fingerprint density at radius 2 is 1.71 bits per heavy atom. The van der Waals surface area contributed by atoms with Crippen LogP contribution in [0.25, 0.3) is 39.1 Å². The molecule has 0 spiro atoms. The number of pyridine rings is 2. The lowest BCUT2D eigenvalue weighted by molar-refractivity contribution is 0.393. The maximum absolute atomic E-state index is 14.1. The zero-order chi connectivity index (χ0) is 26.2. The first kappa shape index (κ1) is 23.4. The maximum atomic E-state index is 14.1. The molecule has 0 radical (unpaired) electrons. The second kappa shape index (κ2) is 9.48. The predicted molar refractivity (Wildman–Crippen MR) is 146 cm³/mol. The van der Waals surface area contributed by atoms with Gasteiger partial charge in [0, 0.05) is 41.3 Å². The Morgan fingerprint density at radius 3 is 2.42 bits per heavy atom. The van der Waals surface area contributed by atoms with E-state index >= 15 is 0 Å². The van der Waals surface area contributed by atoms with Crippen molar-refractivity contribution in [3.05, 3.63) is 113 Å². The van der Waals surface area contributed by atoms with E-state index in [9.17, 15) is 4.79 Å². The molecule has 188 valence electrons. The molecule has 0 aliphatic heterocycles. The van der Waals surface area contributed by atoms with E-state index in [4.69, 9.17) is 9.26 Å². The molecule has 8 heteroatoms. The zero-order valence-corrected chi connectivity index (χ0v) is 21.3. The van der Waals surface area contributed by atoms with Gasteiger partial charge in [0.15, 0.2) is 0 Å². The summed E-state index contributed by atoms with van der Waals surface area (Å²) >= 11 is 0. The number of imidazole rings is 1. The summed E-state index contributed by atoms with van der Waals surface area (Å²) in [5.74, 6) is 1.88. The van der Waals surface area contributed by atoms with Gasteiger partial charge in [-0.05, 0) is 50.2 Å². The Balaban J connectivity index is 1.65. The van der Waals surface area contributed by atoms with Crippen LogP contribution in [0.2, 0.25) is 0 Å². The fourth-order valence-electron chi connectivity index (χ4n) is 4.91. The summed E-state index contributed by atoms with van der Waals surface area (Å²) < 4.78 is 14.9. The summed E-state index contributed by atoms with van der Waals surface area (Å²) in [6.45, 7) is 4.08. The molecule has 4 aromatic heterocycles. The average molecular weight is 504 g/mol. The molecule has 0 aliphatic rings. The normalized spacial score (nSPS) is 11.2. The molecule has 8 nitrogen and oxygen atoms in total. The van der Waals surface area contributed by atoms with Crippen molar-refractivity contribution in [1.82, 2.24) is 24.3 Å². The van der Waals surface area contributed by atoms with E-state index in [1.165, 1.54) is 0 Å². The Morgan fingerprint density at radius 1 is 0.921 bits per heavy atom. The van der Waals surface area contributed by atoms with Crippen LogP contribution in [0.1, 0.15) is 17.1 Å². The van der Waals surface area contributed by atoms with Crippen LogP contribution in [-0.4, -0.2) is 31.4 Å². The number of para-hydroxylation sites is 1. The van der Waals surface area contributed by atoms with Gasteiger partial charge in [-0.1, -0.05) is 29.4 Å². The highest BCUT2D eigenvalue weighted by Gasteiger charge is 2.21. The number of ether oxygens (including phenoxy) is 1. The summed E-state index contributed by atoms with van der Waals surface area (Å²) in [5.41, 5.74) is 5.22. The summed E-state index contributed by atoms with van der Waals surface area (Å²) in [6.07, 6.45) is 5.30. The number of benzene rings is 2. The molecular weight excluding hydrogens is 478 g/mol. The summed E-state index contributed by atoms with van der Waals surface area (Å²) in [4.78, 5) is 23.2. The highest BCUT2D eigenvalue weighted by Crippen LogP contribution is 2.38. The first-order chi connectivity index (χ1) is 18.5. The van der Waals surface area contributed by atoms with Crippen LogP contribution in [0, 0.1) is 13.8 Å². The molecule has 0 aliphatic carbocycles. The van der Waals surface area contributed by atoms with Crippen molar-refractivity contribution in [2.75, 3.05) is 7.11 Å².